The van der Waals surface area contributed by atoms with E-state index in [-0.39, 0.29) is 17.4 Å². The number of aromatic carboxylic acids is 1. The second-order valence-corrected chi connectivity index (χ2v) is 9.12. The van der Waals surface area contributed by atoms with Crippen molar-refractivity contribution in [3.8, 4) is 0 Å². The van der Waals surface area contributed by atoms with E-state index in [1.807, 2.05) is 32.9 Å². The fourth-order valence-corrected chi connectivity index (χ4v) is 3.29. The van der Waals surface area contributed by atoms with Crippen LogP contribution in [0.2, 0.25) is 0 Å². The zero-order valence-corrected chi connectivity index (χ0v) is 16.8. The highest BCUT2D eigenvalue weighted by molar-refractivity contribution is 5.89. The number of hydrogen-bond acceptors (Lipinski definition) is 3. The zero-order chi connectivity index (χ0) is 19.7. The van der Waals surface area contributed by atoms with Crippen molar-refractivity contribution in [1.29, 1.82) is 0 Å². The van der Waals surface area contributed by atoms with E-state index in [2.05, 4.69) is 20.8 Å². The van der Waals surface area contributed by atoms with Crippen molar-refractivity contribution in [2.75, 3.05) is 13.1 Å². The summed E-state index contributed by atoms with van der Waals surface area (Å²) in [5.74, 6) is -0.917. The monoisotopic (exact) mass is 361 g/mol. The summed E-state index contributed by atoms with van der Waals surface area (Å²) in [5, 5.41) is 9.61. The number of ether oxygens (including phenoxy) is 1. The Bertz CT molecular complexity index is 682. The second kappa shape index (κ2) is 7.29. The molecular formula is C21H31NO4. The summed E-state index contributed by atoms with van der Waals surface area (Å²) in [6, 6.07) is 5.60. The molecule has 144 valence electrons. The molecule has 2 rings (SSSR count). The first-order valence-electron chi connectivity index (χ1n) is 9.24. The van der Waals surface area contributed by atoms with Crippen LogP contribution in [0.3, 0.4) is 0 Å². The minimum Gasteiger partial charge on any atom is -0.478 e. The maximum atomic E-state index is 12.4. The highest BCUT2D eigenvalue weighted by atomic mass is 16.6. The third kappa shape index (κ3) is 4.99. The minimum atomic E-state index is -0.921. The molecule has 1 aromatic carbocycles. The third-order valence-electron chi connectivity index (χ3n) is 4.66. The topological polar surface area (TPSA) is 66.8 Å². The van der Waals surface area contributed by atoms with E-state index >= 15 is 0 Å². The van der Waals surface area contributed by atoms with Gasteiger partial charge in [0.1, 0.15) is 5.60 Å². The van der Waals surface area contributed by atoms with Crippen molar-refractivity contribution in [1.82, 2.24) is 4.90 Å². The van der Waals surface area contributed by atoms with E-state index in [9.17, 15) is 14.7 Å². The van der Waals surface area contributed by atoms with Crippen LogP contribution in [0.25, 0.3) is 0 Å². The summed E-state index contributed by atoms with van der Waals surface area (Å²) in [4.78, 5) is 25.8. The van der Waals surface area contributed by atoms with Crippen LogP contribution in [0.1, 0.15) is 81.8 Å². The predicted molar refractivity (Wildman–Crippen MR) is 102 cm³/mol. The SMILES string of the molecule is CC(C)(C)OC(=O)N1CCC[C@@H](c2cc(C(C)(C)C)ccc2C(=O)O)C1. The minimum absolute atomic E-state index is 0.00432. The molecule has 0 spiro atoms. The molecule has 1 aliphatic heterocycles. The van der Waals surface area contributed by atoms with E-state index in [1.165, 1.54) is 0 Å². The van der Waals surface area contributed by atoms with Crippen LogP contribution in [0.15, 0.2) is 18.2 Å². The Balaban J connectivity index is 2.31. The molecule has 1 saturated heterocycles. The van der Waals surface area contributed by atoms with Crippen molar-refractivity contribution in [2.24, 2.45) is 0 Å². The number of rotatable bonds is 2. The molecule has 0 aromatic heterocycles. The molecule has 0 saturated carbocycles. The highest BCUT2D eigenvalue weighted by Crippen LogP contribution is 2.33. The van der Waals surface area contributed by atoms with Gasteiger partial charge in [-0.1, -0.05) is 32.9 Å². The standard InChI is InChI=1S/C21H31NO4/c1-20(2,3)15-9-10-16(18(23)24)17(12-15)14-8-7-11-22(13-14)19(25)26-21(4,5)6/h9-10,12,14H,7-8,11,13H2,1-6H3,(H,23,24)/t14-/m1/s1. The van der Waals surface area contributed by atoms with Gasteiger partial charge in [0.15, 0.2) is 0 Å². The van der Waals surface area contributed by atoms with Gasteiger partial charge in [-0.3, -0.25) is 0 Å². The second-order valence-electron chi connectivity index (χ2n) is 9.12. The molecule has 0 unspecified atom stereocenters. The van der Waals surface area contributed by atoms with Gasteiger partial charge in [-0.05, 0) is 56.2 Å². The van der Waals surface area contributed by atoms with Gasteiger partial charge in [0.25, 0.3) is 0 Å². The number of piperidine rings is 1. The largest absolute Gasteiger partial charge is 0.478 e. The Kier molecular flexibility index (Phi) is 5.69. The average molecular weight is 361 g/mol. The van der Waals surface area contributed by atoms with Gasteiger partial charge in [-0.25, -0.2) is 9.59 Å². The number of benzene rings is 1. The number of likely N-dealkylation sites (tertiary alicyclic amines) is 1. The number of nitrogens with zero attached hydrogens (tertiary/aromatic N) is 1. The number of carbonyl (C=O) groups is 2. The van der Waals surface area contributed by atoms with Crippen LogP contribution in [-0.2, 0) is 10.2 Å². The summed E-state index contributed by atoms with van der Waals surface area (Å²) in [7, 11) is 0. The first-order chi connectivity index (χ1) is 11.9. The van der Waals surface area contributed by atoms with Gasteiger partial charge in [0, 0.05) is 19.0 Å². The van der Waals surface area contributed by atoms with Gasteiger partial charge in [0.05, 0.1) is 5.56 Å². The van der Waals surface area contributed by atoms with Crippen LogP contribution in [0.4, 0.5) is 4.79 Å². The van der Waals surface area contributed by atoms with Crippen LogP contribution >= 0.6 is 0 Å². The maximum absolute atomic E-state index is 12.4. The van der Waals surface area contributed by atoms with Crippen LogP contribution < -0.4 is 0 Å². The van der Waals surface area contributed by atoms with Gasteiger partial charge in [-0.2, -0.15) is 0 Å². The molecule has 1 aromatic rings. The van der Waals surface area contributed by atoms with Gasteiger partial charge in [0.2, 0.25) is 0 Å². The van der Waals surface area contributed by atoms with Crippen molar-refractivity contribution in [3.05, 3.63) is 34.9 Å². The molecule has 0 radical (unpaired) electrons. The van der Waals surface area contributed by atoms with Crippen molar-refractivity contribution < 1.29 is 19.4 Å². The van der Waals surface area contributed by atoms with Crippen LogP contribution in [0.5, 0.6) is 0 Å². The highest BCUT2D eigenvalue weighted by Gasteiger charge is 2.31. The van der Waals surface area contributed by atoms with Crippen LogP contribution in [-0.4, -0.2) is 40.8 Å². The summed E-state index contributed by atoms with van der Waals surface area (Å²) in [6.45, 7) is 13.0. The Morgan fingerprint density at radius 1 is 1.15 bits per heavy atom. The summed E-state index contributed by atoms with van der Waals surface area (Å²) >= 11 is 0. The number of carboxylic acids is 1. The molecule has 0 aliphatic carbocycles. The molecule has 1 N–H and O–H groups in total. The molecule has 5 heteroatoms. The Hall–Kier alpha value is -2.04. The van der Waals surface area contributed by atoms with Gasteiger partial charge < -0.3 is 14.7 Å². The van der Waals surface area contributed by atoms with E-state index in [4.69, 9.17) is 4.74 Å². The quantitative estimate of drug-likeness (QED) is 0.822. The van der Waals surface area contributed by atoms with Gasteiger partial charge in [-0.15, -0.1) is 0 Å². The molecule has 5 nitrogen and oxygen atoms in total. The lowest BCUT2D eigenvalue weighted by molar-refractivity contribution is 0.0198. The van der Waals surface area contributed by atoms with Crippen molar-refractivity contribution >= 4 is 12.1 Å². The maximum Gasteiger partial charge on any atom is 0.410 e. The smallest absolute Gasteiger partial charge is 0.410 e. The van der Waals surface area contributed by atoms with E-state index < -0.39 is 11.6 Å². The molecule has 1 aliphatic rings. The summed E-state index contributed by atoms with van der Waals surface area (Å²) in [5.41, 5.74) is 1.65. The number of amides is 1. The lowest BCUT2D eigenvalue weighted by Crippen LogP contribution is -2.42. The molecule has 26 heavy (non-hydrogen) atoms. The Morgan fingerprint density at radius 3 is 2.35 bits per heavy atom. The Morgan fingerprint density at radius 2 is 1.81 bits per heavy atom. The first kappa shape index (κ1) is 20.3. The number of carbonyl (C=O) groups excluding carboxylic acids is 1. The zero-order valence-electron chi connectivity index (χ0n) is 16.8. The fraction of sp³-hybridized carbons (Fsp3) is 0.619. The van der Waals surface area contributed by atoms with Crippen LogP contribution in [0, 0.1) is 0 Å². The predicted octanol–water partition coefficient (Wildman–Crippen LogP) is 4.80. The van der Waals surface area contributed by atoms with E-state index in [1.54, 1.807) is 11.0 Å². The lowest BCUT2D eigenvalue weighted by Gasteiger charge is -2.35. The van der Waals surface area contributed by atoms with Crippen molar-refractivity contribution in [3.63, 3.8) is 0 Å². The Labute approximate surface area is 156 Å². The molecule has 1 amide bonds. The first-order valence-corrected chi connectivity index (χ1v) is 9.24. The number of hydrogen-bond donors (Lipinski definition) is 1. The molecule has 0 bridgehead atoms. The fourth-order valence-electron chi connectivity index (χ4n) is 3.29. The molecule has 1 heterocycles. The third-order valence-corrected chi connectivity index (χ3v) is 4.66. The van der Waals surface area contributed by atoms with Gasteiger partial charge >= 0.3 is 12.1 Å². The molecule has 1 atom stereocenters. The normalized spacial score (nSPS) is 18.5. The number of carboxylic acid groups (broad SMARTS) is 1. The lowest BCUT2D eigenvalue weighted by atomic mass is 9.81. The summed E-state index contributed by atoms with van der Waals surface area (Å²) in [6.07, 6.45) is 1.38. The van der Waals surface area contributed by atoms with E-state index in [0.29, 0.717) is 18.7 Å². The van der Waals surface area contributed by atoms with E-state index in [0.717, 1.165) is 24.0 Å². The van der Waals surface area contributed by atoms with Crippen molar-refractivity contribution in [2.45, 2.75) is 71.3 Å². The molecule has 1 fully saturated rings. The molecular weight excluding hydrogens is 330 g/mol. The average Bonchev–Trinajstić information content (AvgIpc) is 2.52. The summed E-state index contributed by atoms with van der Waals surface area (Å²) < 4.78 is 5.49.